The Hall–Kier alpha value is -3.32. The van der Waals surface area contributed by atoms with Gasteiger partial charge < -0.3 is 39.8 Å². The number of rotatable bonds is 30. The molecule has 3 heterocycles. The molecule has 1 fully saturated rings. The summed E-state index contributed by atoms with van der Waals surface area (Å²) in [6.07, 6.45) is 16.6. The van der Waals surface area contributed by atoms with Crippen LogP contribution in [0.5, 0.6) is 11.5 Å². The number of hydrogen-bond acceptors (Lipinski definition) is 13. The Balaban J connectivity index is 1.23. The number of ether oxygens (including phenoxy) is 4. The van der Waals surface area contributed by atoms with Gasteiger partial charge in [0, 0.05) is 12.7 Å². The van der Waals surface area contributed by atoms with Crippen LogP contribution in [-0.4, -0.2) is 86.1 Å². The minimum atomic E-state index is -4.76. The third kappa shape index (κ3) is 15.6. The number of nitrogen functional groups attached to an aromatic ring is 1. The monoisotopic (exact) mass is 845 g/mol. The lowest BCUT2D eigenvalue weighted by molar-refractivity contribution is -0.100. The summed E-state index contributed by atoms with van der Waals surface area (Å²) in [6, 6.07) is 10.2. The fraction of sp³-hybridized carbons (Fsp3) is 0.698. The maximum absolute atomic E-state index is 13.2. The number of nitriles is 1. The lowest BCUT2D eigenvalue weighted by Crippen LogP contribution is -2.44. The molecular weight excluding hydrogens is 777 g/mol. The molecule has 1 saturated heterocycles. The summed E-state index contributed by atoms with van der Waals surface area (Å²) in [4.78, 5) is 14.7. The van der Waals surface area contributed by atoms with Gasteiger partial charge in [0.1, 0.15) is 59.4 Å². The van der Waals surface area contributed by atoms with Gasteiger partial charge in [-0.25, -0.2) is 14.1 Å². The first-order chi connectivity index (χ1) is 28.4. The van der Waals surface area contributed by atoms with Gasteiger partial charge >= 0.3 is 7.82 Å². The number of benzene rings is 1. The molecule has 3 aromatic rings. The zero-order valence-corrected chi connectivity index (χ0v) is 36.4. The fourth-order valence-electron chi connectivity index (χ4n) is 7.22. The van der Waals surface area contributed by atoms with Crippen molar-refractivity contribution in [3.05, 3.63) is 47.9 Å². The molecule has 1 aliphatic rings. The van der Waals surface area contributed by atoms with E-state index in [1.165, 1.54) is 101 Å². The lowest BCUT2D eigenvalue weighted by Gasteiger charge is -2.28. The Morgan fingerprint density at radius 3 is 2.15 bits per heavy atom. The third-order valence-corrected chi connectivity index (χ3v) is 11.5. The SMILES string of the molecule is CCCCCCCCCCCCCCCCCCOC[C@H](COP(=O)(O)OC[C@@]1(C)O[C@@H](c2ccc3c(N)ncnn23)[C@H](O)[C@@H]1O)Oc1ccc(C#N)c(OC(C)C)c1. The van der Waals surface area contributed by atoms with Crippen LogP contribution < -0.4 is 15.2 Å². The minimum Gasteiger partial charge on any atom is -0.489 e. The molecule has 0 spiro atoms. The van der Waals surface area contributed by atoms with Crippen LogP contribution in [0.1, 0.15) is 148 Å². The van der Waals surface area contributed by atoms with E-state index in [4.69, 9.17) is 33.7 Å². The molecule has 6 atom stereocenters. The van der Waals surface area contributed by atoms with E-state index >= 15 is 0 Å². The molecule has 0 radical (unpaired) electrons. The Morgan fingerprint density at radius 1 is 0.915 bits per heavy atom. The Labute approximate surface area is 350 Å². The number of nitrogens with zero attached hydrogens (tertiary/aromatic N) is 4. The maximum Gasteiger partial charge on any atom is 0.472 e. The van der Waals surface area contributed by atoms with Gasteiger partial charge in [-0.05, 0) is 51.5 Å². The van der Waals surface area contributed by atoms with Crippen LogP contribution in [0.2, 0.25) is 0 Å². The highest BCUT2D eigenvalue weighted by Crippen LogP contribution is 2.48. The summed E-state index contributed by atoms with van der Waals surface area (Å²) in [5, 5.41) is 35.7. The quantitative estimate of drug-likeness (QED) is 0.0367. The molecular formula is C43H68N5O10P. The van der Waals surface area contributed by atoms with Crippen molar-refractivity contribution in [2.75, 3.05) is 32.2 Å². The number of phosphoric ester groups is 1. The second-order valence-corrected chi connectivity index (χ2v) is 17.5. The van der Waals surface area contributed by atoms with Crippen molar-refractivity contribution in [2.24, 2.45) is 0 Å². The molecule has 59 heavy (non-hydrogen) atoms. The number of nitrogens with two attached hydrogens (primary N) is 1. The van der Waals surface area contributed by atoms with Gasteiger partial charge in [0.15, 0.2) is 5.82 Å². The predicted octanol–water partition coefficient (Wildman–Crippen LogP) is 8.38. The maximum atomic E-state index is 13.2. The number of fused-ring (bicyclic) bond motifs is 1. The minimum absolute atomic E-state index is 0.0475. The van der Waals surface area contributed by atoms with E-state index < -0.39 is 51.1 Å². The zero-order chi connectivity index (χ0) is 42.7. The van der Waals surface area contributed by atoms with Crippen molar-refractivity contribution < 1.29 is 47.7 Å². The predicted molar refractivity (Wildman–Crippen MR) is 225 cm³/mol. The first kappa shape index (κ1) is 48.3. The van der Waals surface area contributed by atoms with Crippen LogP contribution in [0.15, 0.2) is 36.7 Å². The second-order valence-electron chi connectivity index (χ2n) is 16.1. The van der Waals surface area contributed by atoms with Crippen molar-refractivity contribution in [3.63, 3.8) is 0 Å². The van der Waals surface area contributed by atoms with E-state index in [0.29, 0.717) is 34.9 Å². The second kappa shape index (κ2) is 24.8. The van der Waals surface area contributed by atoms with Crippen molar-refractivity contribution >= 4 is 19.2 Å². The summed E-state index contributed by atoms with van der Waals surface area (Å²) in [5.74, 6) is 0.922. The first-order valence-corrected chi connectivity index (χ1v) is 23.1. The van der Waals surface area contributed by atoms with E-state index in [1.807, 2.05) is 13.8 Å². The molecule has 15 nitrogen and oxygen atoms in total. The molecule has 4 rings (SSSR count). The number of unbranched alkanes of at least 4 members (excludes halogenated alkanes) is 15. The molecule has 1 aromatic carbocycles. The molecule has 1 aliphatic heterocycles. The molecule has 0 bridgehead atoms. The molecule has 5 N–H and O–H groups in total. The number of aromatic nitrogens is 3. The van der Waals surface area contributed by atoms with E-state index in [2.05, 4.69) is 23.1 Å². The summed E-state index contributed by atoms with van der Waals surface area (Å²) in [5.41, 5.74) is 5.57. The van der Waals surface area contributed by atoms with Gasteiger partial charge in [0.25, 0.3) is 0 Å². The smallest absolute Gasteiger partial charge is 0.472 e. The molecule has 330 valence electrons. The van der Waals surface area contributed by atoms with Crippen molar-refractivity contribution in [2.45, 2.75) is 167 Å². The summed E-state index contributed by atoms with van der Waals surface area (Å²) in [6.45, 7) is 6.95. The van der Waals surface area contributed by atoms with Crippen LogP contribution in [-0.2, 0) is 23.1 Å². The third-order valence-electron chi connectivity index (χ3n) is 10.6. The standard InChI is InChI=1S/C43H68N5O10P/c1-5-6-7-8-9-10-11-12-13-14-15-16-17-18-19-20-25-53-28-35(57-34-22-21-33(27-44)38(26-34)56-32(2)3)29-54-59(51,52)55-30-43(4)41(50)39(49)40(58-43)36-23-24-37-42(45)46-31-47-48(36)37/h21-24,26,31-32,35,39-41,49-50H,5-20,25,28-30H2,1-4H3,(H,51,52)(H2,45,46,47)/t35-,39+,40+,41+,43-/m1/s1. The lowest BCUT2D eigenvalue weighted by atomic mass is 9.97. The van der Waals surface area contributed by atoms with Gasteiger partial charge in [0.2, 0.25) is 0 Å². The molecule has 1 unspecified atom stereocenters. The number of aliphatic hydroxyl groups is 2. The van der Waals surface area contributed by atoms with E-state index in [-0.39, 0.29) is 18.5 Å². The fourth-order valence-corrected chi connectivity index (χ4v) is 8.07. The zero-order valence-electron chi connectivity index (χ0n) is 35.5. The summed E-state index contributed by atoms with van der Waals surface area (Å²) in [7, 11) is -4.76. The average Bonchev–Trinajstić information content (AvgIpc) is 3.74. The number of aliphatic hydroxyl groups excluding tert-OH is 2. The largest absolute Gasteiger partial charge is 0.489 e. The highest BCUT2D eigenvalue weighted by molar-refractivity contribution is 7.47. The van der Waals surface area contributed by atoms with Crippen LogP contribution in [0.3, 0.4) is 0 Å². The van der Waals surface area contributed by atoms with Crippen molar-refractivity contribution in [1.29, 1.82) is 5.26 Å². The van der Waals surface area contributed by atoms with Crippen LogP contribution >= 0.6 is 7.82 Å². The van der Waals surface area contributed by atoms with Gasteiger partial charge in [-0.2, -0.15) is 10.4 Å². The highest BCUT2D eigenvalue weighted by atomic mass is 31.2. The molecule has 16 heteroatoms. The average molecular weight is 846 g/mol. The topological polar surface area (TPSA) is 213 Å². The Bertz CT molecular complexity index is 1770. The number of anilines is 1. The number of hydrogen-bond donors (Lipinski definition) is 4. The van der Waals surface area contributed by atoms with Crippen LogP contribution in [0, 0.1) is 11.3 Å². The van der Waals surface area contributed by atoms with Gasteiger partial charge in [-0.15, -0.1) is 0 Å². The van der Waals surface area contributed by atoms with Crippen molar-refractivity contribution in [3.8, 4) is 17.6 Å². The van der Waals surface area contributed by atoms with Gasteiger partial charge in [0.05, 0.1) is 37.2 Å². The summed E-state index contributed by atoms with van der Waals surface area (Å²) >= 11 is 0. The van der Waals surface area contributed by atoms with Gasteiger partial charge in [-0.3, -0.25) is 9.05 Å². The number of phosphoric acid groups is 1. The Morgan fingerprint density at radius 2 is 1.54 bits per heavy atom. The normalized spacial score (nSPS) is 20.8. The molecule has 0 aliphatic carbocycles. The van der Waals surface area contributed by atoms with Gasteiger partial charge in [-0.1, -0.05) is 103 Å². The Kier molecular flexibility index (Phi) is 20.3. The molecule has 2 aromatic heterocycles. The van der Waals surface area contributed by atoms with Crippen LogP contribution in [0.25, 0.3) is 5.52 Å². The van der Waals surface area contributed by atoms with Crippen molar-refractivity contribution in [1.82, 2.24) is 14.6 Å². The molecule has 0 saturated carbocycles. The van der Waals surface area contributed by atoms with E-state index in [1.54, 1.807) is 30.3 Å². The highest BCUT2D eigenvalue weighted by Gasteiger charge is 2.53. The summed E-state index contributed by atoms with van der Waals surface area (Å²) < 4.78 is 49.3. The van der Waals surface area contributed by atoms with E-state index in [9.17, 15) is 24.9 Å². The first-order valence-electron chi connectivity index (χ1n) is 21.6. The van der Waals surface area contributed by atoms with E-state index in [0.717, 1.165) is 19.3 Å². The molecule has 0 amide bonds. The van der Waals surface area contributed by atoms with Crippen LogP contribution in [0.4, 0.5) is 5.82 Å².